The molecule has 10 atom stereocenters. The molecule has 0 aromatic carbocycles. The predicted octanol–water partition coefficient (Wildman–Crippen LogP) is 3.14. The number of hydrogen-bond donors (Lipinski definition) is 1. The van der Waals surface area contributed by atoms with Gasteiger partial charge in [0.05, 0.1) is 62.5 Å². The zero-order chi connectivity index (χ0) is 24.6. The molecule has 4 rings (SSSR count). The largest absolute Gasteiger partial charge is 0.469 e. The zero-order valence-electron chi connectivity index (χ0n) is 21.2. The first kappa shape index (κ1) is 26.0. The van der Waals surface area contributed by atoms with Crippen molar-refractivity contribution in [1.82, 2.24) is 0 Å². The lowest BCUT2D eigenvalue weighted by Gasteiger charge is -2.50. The van der Waals surface area contributed by atoms with Gasteiger partial charge in [-0.05, 0) is 44.6 Å². The van der Waals surface area contributed by atoms with Gasteiger partial charge in [-0.15, -0.1) is 0 Å². The van der Waals surface area contributed by atoms with E-state index in [1.54, 1.807) is 0 Å². The number of carbonyl (C=O) groups excluding carboxylic acids is 1. The summed E-state index contributed by atoms with van der Waals surface area (Å²) in [4.78, 5) is 11.6. The first-order valence-corrected chi connectivity index (χ1v) is 12.8. The van der Waals surface area contributed by atoms with Crippen molar-refractivity contribution < 1.29 is 38.3 Å². The van der Waals surface area contributed by atoms with Gasteiger partial charge in [0.1, 0.15) is 0 Å². The van der Waals surface area contributed by atoms with E-state index >= 15 is 0 Å². The van der Waals surface area contributed by atoms with Gasteiger partial charge in [0.15, 0.2) is 5.79 Å². The maximum absolute atomic E-state index is 11.6. The molecule has 0 bridgehead atoms. The topological polar surface area (TPSA) is 92.7 Å². The zero-order valence-corrected chi connectivity index (χ0v) is 21.2. The van der Waals surface area contributed by atoms with Gasteiger partial charge in [0, 0.05) is 25.2 Å². The third kappa shape index (κ3) is 5.68. The molecule has 4 fully saturated rings. The van der Waals surface area contributed by atoms with E-state index in [9.17, 15) is 9.90 Å². The number of rotatable bonds is 5. The highest BCUT2D eigenvalue weighted by Gasteiger charge is 2.51. The molecule has 4 saturated heterocycles. The van der Waals surface area contributed by atoms with Crippen LogP contribution in [0.1, 0.15) is 66.2 Å². The van der Waals surface area contributed by atoms with Crippen LogP contribution in [0.3, 0.4) is 0 Å². The summed E-state index contributed by atoms with van der Waals surface area (Å²) in [5.41, 5.74) is 1.02. The third-order valence-corrected chi connectivity index (χ3v) is 8.02. The lowest BCUT2D eigenvalue weighted by atomic mass is 9.79. The third-order valence-electron chi connectivity index (χ3n) is 8.02. The monoisotopic (exact) mass is 482 g/mol. The predicted molar refractivity (Wildman–Crippen MR) is 124 cm³/mol. The number of esters is 1. The van der Waals surface area contributed by atoms with Crippen molar-refractivity contribution in [3.05, 3.63) is 12.2 Å². The van der Waals surface area contributed by atoms with Crippen LogP contribution in [0.4, 0.5) is 0 Å². The number of ether oxygens (including phenoxy) is 6. The van der Waals surface area contributed by atoms with Gasteiger partial charge in [-0.2, -0.15) is 0 Å². The molecule has 0 aliphatic carbocycles. The number of aliphatic hydroxyl groups excluding tert-OH is 1. The van der Waals surface area contributed by atoms with Gasteiger partial charge in [0.25, 0.3) is 0 Å². The summed E-state index contributed by atoms with van der Waals surface area (Å²) in [6, 6.07) is 0. The summed E-state index contributed by atoms with van der Waals surface area (Å²) < 4.78 is 36.1. The Morgan fingerprint density at radius 1 is 1.15 bits per heavy atom. The Balaban J connectivity index is 1.41. The van der Waals surface area contributed by atoms with Gasteiger partial charge in [-0.3, -0.25) is 4.79 Å². The molecular formula is C26H42O8. The van der Waals surface area contributed by atoms with Crippen LogP contribution in [0.15, 0.2) is 12.2 Å². The van der Waals surface area contributed by atoms with Gasteiger partial charge in [-0.25, -0.2) is 0 Å². The molecule has 34 heavy (non-hydrogen) atoms. The smallest absolute Gasteiger partial charge is 0.305 e. The average molecular weight is 483 g/mol. The van der Waals surface area contributed by atoms with E-state index in [1.165, 1.54) is 7.11 Å². The number of carbonyl (C=O) groups is 1. The van der Waals surface area contributed by atoms with Crippen molar-refractivity contribution >= 4 is 5.97 Å². The van der Waals surface area contributed by atoms with Crippen LogP contribution in [-0.4, -0.2) is 79.4 Å². The average Bonchev–Trinajstić information content (AvgIpc) is 2.93. The number of aliphatic hydroxyl groups is 1. The van der Waals surface area contributed by atoms with Crippen LogP contribution in [0.5, 0.6) is 0 Å². The van der Waals surface area contributed by atoms with E-state index in [-0.39, 0.29) is 60.5 Å². The second-order valence-electron chi connectivity index (χ2n) is 10.9. The van der Waals surface area contributed by atoms with E-state index in [0.29, 0.717) is 32.3 Å². The Morgan fingerprint density at radius 3 is 2.65 bits per heavy atom. The molecule has 8 nitrogen and oxygen atoms in total. The van der Waals surface area contributed by atoms with Crippen molar-refractivity contribution in [3.8, 4) is 0 Å². The minimum atomic E-state index is -0.667. The van der Waals surface area contributed by atoms with Crippen LogP contribution in [0.2, 0.25) is 0 Å². The molecule has 8 heteroatoms. The van der Waals surface area contributed by atoms with E-state index < -0.39 is 11.9 Å². The maximum Gasteiger partial charge on any atom is 0.305 e. The molecule has 0 radical (unpaired) electrons. The van der Waals surface area contributed by atoms with Gasteiger partial charge in [-0.1, -0.05) is 20.4 Å². The molecule has 0 aromatic heterocycles. The van der Waals surface area contributed by atoms with Crippen molar-refractivity contribution in [2.75, 3.05) is 13.7 Å². The highest BCUT2D eigenvalue weighted by molar-refractivity contribution is 5.69. The summed E-state index contributed by atoms with van der Waals surface area (Å²) in [7, 11) is 1.40. The van der Waals surface area contributed by atoms with Crippen molar-refractivity contribution in [2.24, 2.45) is 11.8 Å². The molecule has 4 aliphatic heterocycles. The van der Waals surface area contributed by atoms with E-state index in [1.807, 2.05) is 20.8 Å². The lowest BCUT2D eigenvalue weighted by Crippen LogP contribution is -2.61. The summed E-state index contributed by atoms with van der Waals surface area (Å²) in [6.07, 6.45) is 1.93. The minimum Gasteiger partial charge on any atom is -0.469 e. The number of fused-ring (bicyclic) bond motifs is 2. The normalized spacial score (nSPS) is 44.5. The maximum atomic E-state index is 11.6. The van der Waals surface area contributed by atoms with Crippen molar-refractivity contribution in [1.29, 1.82) is 0 Å². The second-order valence-corrected chi connectivity index (χ2v) is 10.9. The molecule has 0 amide bonds. The quantitative estimate of drug-likeness (QED) is 0.472. The number of methoxy groups -OCH3 is 1. The number of hydrogen-bond acceptors (Lipinski definition) is 8. The highest BCUT2D eigenvalue weighted by Crippen LogP contribution is 2.42. The molecule has 0 saturated carbocycles. The molecule has 1 N–H and O–H groups in total. The summed E-state index contributed by atoms with van der Waals surface area (Å²) in [5, 5.41) is 11.2. The van der Waals surface area contributed by atoms with Crippen LogP contribution in [0, 0.1) is 11.8 Å². The van der Waals surface area contributed by atoms with Gasteiger partial charge >= 0.3 is 5.97 Å². The highest BCUT2D eigenvalue weighted by atomic mass is 16.7. The van der Waals surface area contributed by atoms with Gasteiger partial charge < -0.3 is 33.5 Å². The molecule has 0 spiro atoms. The van der Waals surface area contributed by atoms with Crippen LogP contribution in [0.25, 0.3) is 0 Å². The fourth-order valence-corrected chi connectivity index (χ4v) is 5.94. The fraction of sp³-hybridized carbons (Fsp3) is 0.885. The van der Waals surface area contributed by atoms with E-state index in [2.05, 4.69) is 13.5 Å². The van der Waals surface area contributed by atoms with Gasteiger partial charge in [0.2, 0.25) is 0 Å². The lowest BCUT2D eigenvalue weighted by molar-refractivity contribution is -0.294. The Morgan fingerprint density at radius 2 is 1.91 bits per heavy atom. The standard InChI is InChI=1S/C26H42O8/c1-14-11-17(7-8-23(27)29-6)31-19(15(14)2)12-21-24(28)16(3)25-22(32-21)13-20-18(33-25)9-10-30-26(4,5)34-20/h14,16-22,24-25,28H,2,7-13H2,1,3-6H3/t14-,16-,17+,18-,19?,20-,21+,22+,24-,25+/m1/s1. The molecule has 4 aliphatic rings. The van der Waals surface area contributed by atoms with Crippen molar-refractivity contribution in [2.45, 2.75) is 121 Å². The Kier molecular flexibility index (Phi) is 8.06. The van der Waals surface area contributed by atoms with Crippen LogP contribution >= 0.6 is 0 Å². The Bertz CT molecular complexity index is 738. The van der Waals surface area contributed by atoms with E-state index in [4.69, 9.17) is 28.4 Å². The Hall–Kier alpha value is -1.03. The molecule has 194 valence electrons. The van der Waals surface area contributed by atoms with Crippen LogP contribution in [-0.2, 0) is 33.2 Å². The van der Waals surface area contributed by atoms with Crippen LogP contribution < -0.4 is 0 Å². The minimum absolute atomic E-state index is 0.0455. The summed E-state index contributed by atoms with van der Waals surface area (Å²) in [6.45, 7) is 12.9. The first-order chi connectivity index (χ1) is 16.1. The summed E-state index contributed by atoms with van der Waals surface area (Å²) in [5.74, 6) is -0.690. The second kappa shape index (κ2) is 10.5. The fourth-order valence-electron chi connectivity index (χ4n) is 5.94. The molecular weight excluding hydrogens is 440 g/mol. The van der Waals surface area contributed by atoms with Crippen molar-refractivity contribution in [3.63, 3.8) is 0 Å². The molecule has 0 aromatic rings. The summed E-state index contributed by atoms with van der Waals surface area (Å²) >= 11 is 0. The SMILES string of the molecule is C=C1C(C[C@@H]2O[C@H]3C[C@H]4OC(C)(C)OCC[C@H]4O[C@H]3[C@H](C)[C@H]2O)O[C@@H](CCC(=O)OC)C[C@H]1C. The first-order valence-electron chi connectivity index (χ1n) is 12.8. The molecule has 1 unspecified atom stereocenters. The Labute approximate surface area is 203 Å². The molecule has 4 heterocycles. The van der Waals surface area contributed by atoms with E-state index in [0.717, 1.165) is 18.4 Å².